The van der Waals surface area contributed by atoms with Crippen molar-refractivity contribution in [2.24, 2.45) is 16.0 Å². The van der Waals surface area contributed by atoms with E-state index < -0.39 is 16.4 Å². The standard InChI is InChI=1S/C11H22N2O3/c1-8(12-14)11(13(15)16,9(2,3)4)10(5,6)7/h14H,1-7H3/b12-8+. The summed E-state index contributed by atoms with van der Waals surface area (Å²) in [5, 5.41) is 23.5. The van der Waals surface area contributed by atoms with E-state index in [2.05, 4.69) is 5.16 Å². The lowest BCUT2D eigenvalue weighted by molar-refractivity contribution is -0.585. The highest BCUT2D eigenvalue weighted by Gasteiger charge is 2.64. The van der Waals surface area contributed by atoms with Crippen LogP contribution in [-0.2, 0) is 0 Å². The average Bonchev–Trinajstić information content (AvgIpc) is 1.98. The summed E-state index contributed by atoms with van der Waals surface area (Å²) in [5.74, 6) is 0. The summed E-state index contributed by atoms with van der Waals surface area (Å²) in [6.45, 7) is 12.2. The Balaban J connectivity index is 6.15. The van der Waals surface area contributed by atoms with Crippen molar-refractivity contribution in [1.29, 1.82) is 0 Å². The van der Waals surface area contributed by atoms with Gasteiger partial charge in [0.05, 0.1) is 0 Å². The number of nitro groups is 1. The molecule has 0 rings (SSSR count). The van der Waals surface area contributed by atoms with E-state index in [1.165, 1.54) is 6.92 Å². The molecule has 0 aliphatic carbocycles. The number of hydrogen-bond donors (Lipinski definition) is 1. The third-order valence-electron chi connectivity index (χ3n) is 3.12. The van der Waals surface area contributed by atoms with Crippen LogP contribution in [0.2, 0.25) is 0 Å². The Morgan fingerprint density at radius 3 is 1.50 bits per heavy atom. The second-order valence-electron chi connectivity index (χ2n) is 6.15. The van der Waals surface area contributed by atoms with E-state index in [4.69, 9.17) is 5.21 Å². The molecule has 94 valence electrons. The van der Waals surface area contributed by atoms with Crippen LogP contribution in [0.1, 0.15) is 48.5 Å². The summed E-state index contributed by atoms with van der Waals surface area (Å²) < 4.78 is 0. The zero-order valence-electron chi connectivity index (χ0n) is 11.2. The number of nitrogens with zero attached hydrogens (tertiary/aromatic N) is 2. The largest absolute Gasteiger partial charge is 0.411 e. The van der Waals surface area contributed by atoms with Crippen molar-refractivity contribution in [2.45, 2.75) is 54.0 Å². The van der Waals surface area contributed by atoms with Crippen LogP contribution in [0.15, 0.2) is 5.16 Å². The lowest BCUT2D eigenvalue weighted by atomic mass is 9.58. The van der Waals surface area contributed by atoms with Crippen molar-refractivity contribution in [3.8, 4) is 0 Å². The molecule has 0 aromatic rings. The Morgan fingerprint density at radius 1 is 1.12 bits per heavy atom. The van der Waals surface area contributed by atoms with Gasteiger partial charge in [-0.3, -0.25) is 10.1 Å². The first kappa shape index (κ1) is 14.9. The zero-order valence-corrected chi connectivity index (χ0v) is 11.2. The Hall–Kier alpha value is -1.13. The molecule has 0 bridgehead atoms. The Labute approximate surface area is 96.7 Å². The lowest BCUT2D eigenvalue weighted by Crippen LogP contribution is -2.63. The fourth-order valence-corrected chi connectivity index (χ4v) is 2.96. The molecule has 0 aliphatic heterocycles. The maximum Gasteiger partial charge on any atom is 0.272 e. The Morgan fingerprint density at radius 2 is 1.44 bits per heavy atom. The number of oxime groups is 1. The van der Waals surface area contributed by atoms with Gasteiger partial charge in [0.25, 0.3) is 5.54 Å². The molecule has 0 aromatic heterocycles. The van der Waals surface area contributed by atoms with E-state index in [1.54, 1.807) is 41.5 Å². The summed E-state index contributed by atoms with van der Waals surface area (Å²) >= 11 is 0. The van der Waals surface area contributed by atoms with E-state index in [9.17, 15) is 10.1 Å². The van der Waals surface area contributed by atoms with Crippen molar-refractivity contribution >= 4 is 5.71 Å². The summed E-state index contributed by atoms with van der Waals surface area (Å²) in [4.78, 5) is 11.2. The molecular formula is C11H22N2O3. The zero-order chi connectivity index (χ0) is 13.4. The van der Waals surface area contributed by atoms with Gasteiger partial charge in [0, 0.05) is 15.8 Å². The molecule has 5 nitrogen and oxygen atoms in total. The minimum absolute atomic E-state index is 0.137. The predicted molar refractivity (Wildman–Crippen MR) is 63.5 cm³/mol. The van der Waals surface area contributed by atoms with Gasteiger partial charge >= 0.3 is 0 Å². The molecule has 0 heterocycles. The second-order valence-corrected chi connectivity index (χ2v) is 6.15. The smallest absolute Gasteiger partial charge is 0.272 e. The highest BCUT2D eigenvalue weighted by Crippen LogP contribution is 2.47. The maximum absolute atomic E-state index is 11.5. The first-order valence-electron chi connectivity index (χ1n) is 5.26. The fourth-order valence-electron chi connectivity index (χ4n) is 2.96. The van der Waals surface area contributed by atoms with E-state index >= 15 is 0 Å². The van der Waals surface area contributed by atoms with Gasteiger partial charge < -0.3 is 5.21 Å². The van der Waals surface area contributed by atoms with E-state index in [-0.39, 0.29) is 10.6 Å². The molecule has 0 unspecified atom stereocenters. The Bertz CT molecular complexity index is 294. The molecule has 1 N–H and O–H groups in total. The van der Waals surface area contributed by atoms with E-state index in [0.29, 0.717) is 0 Å². The monoisotopic (exact) mass is 230 g/mol. The van der Waals surface area contributed by atoms with Crippen molar-refractivity contribution in [2.75, 3.05) is 0 Å². The molecule has 0 saturated heterocycles. The van der Waals surface area contributed by atoms with Crippen LogP contribution in [0.4, 0.5) is 0 Å². The molecule has 0 fully saturated rings. The quantitative estimate of drug-likeness (QED) is 0.343. The molecule has 0 saturated carbocycles. The molecule has 0 aliphatic rings. The van der Waals surface area contributed by atoms with Gasteiger partial charge in [0.1, 0.15) is 5.71 Å². The van der Waals surface area contributed by atoms with Crippen molar-refractivity contribution in [3.05, 3.63) is 10.1 Å². The molecule has 0 radical (unpaired) electrons. The maximum atomic E-state index is 11.5. The molecule has 0 amide bonds. The van der Waals surface area contributed by atoms with Crippen molar-refractivity contribution in [1.82, 2.24) is 0 Å². The summed E-state index contributed by atoms with van der Waals surface area (Å²) in [5.41, 5.74) is -2.55. The molecule has 0 spiro atoms. The van der Waals surface area contributed by atoms with Gasteiger partial charge in [-0.05, 0) is 6.92 Å². The molecule has 16 heavy (non-hydrogen) atoms. The normalized spacial score (nSPS) is 15.1. The molecule has 0 atom stereocenters. The minimum Gasteiger partial charge on any atom is -0.411 e. The highest BCUT2D eigenvalue weighted by atomic mass is 16.6. The molecular weight excluding hydrogens is 208 g/mol. The van der Waals surface area contributed by atoms with Crippen molar-refractivity contribution < 1.29 is 10.1 Å². The van der Waals surface area contributed by atoms with Crippen LogP contribution in [0.5, 0.6) is 0 Å². The van der Waals surface area contributed by atoms with Crippen LogP contribution < -0.4 is 0 Å². The fraction of sp³-hybridized carbons (Fsp3) is 0.909. The van der Waals surface area contributed by atoms with Gasteiger partial charge in [-0.25, -0.2) is 0 Å². The van der Waals surface area contributed by atoms with Crippen LogP contribution in [0.3, 0.4) is 0 Å². The third kappa shape index (κ3) is 1.90. The topological polar surface area (TPSA) is 75.7 Å². The van der Waals surface area contributed by atoms with Gasteiger partial charge in [0.15, 0.2) is 0 Å². The van der Waals surface area contributed by atoms with Crippen LogP contribution in [0, 0.1) is 20.9 Å². The van der Waals surface area contributed by atoms with E-state index in [0.717, 1.165) is 0 Å². The van der Waals surface area contributed by atoms with Crippen molar-refractivity contribution in [3.63, 3.8) is 0 Å². The minimum atomic E-state index is -1.39. The van der Waals surface area contributed by atoms with E-state index in [1.807, 2.05) is 0 Å². The van der Waals surface area contributed by atoms with Crippen LogP contribution in [0.25, 0.3) is 0 Å². The summed E-state index contributed by atoms with van der Waals surface area (Å²) in [6.07, 6.45) is 0. The van der Waals surface area contributed by atoms with Gasteiger partial charge in [0.2, 0.25) is 0 Å². The summed E-state index contributed by atoms with van der Waals surface area (Å²) in [7, 11) is 0. The SMILES string of the molecule is C/C(=N\O)C([N+](=O)[O-])(C(C)(C)C)C(C)(C)C. The lowest BCUT2D eigenvalue weighted by Gasteiger charge is -2.44. The predicted octanol–water partition coefficient (Wildman–Crippen LogP) is 2.94. The Kier molecular flexibility index (Phi) is 3.75. The molecule has 0 aromatic carbocycles. The summed E-state index contributed by atoms with van der Waals surface area (Å²) in [6, 6.07) is 0. The first-order valence-corrected chi connectivity index (χ1v) is 5.26. The van der Waals surface area contributed by atoms with Gasteiger partial charge in [-0.1, -0.05) is 46.7 Å². The number of hydrogen-bond acceptors (Lipinski definition) is 4. The highest BCUT2D eigenvalue weighted by molar-refractivity contribution is 5.91. The van der Waals surface area contributed by atoms with Gasteiger partial charge in [-0.15, -0.1) is 0 Å². The van der Waals surface area contributed by atoms with Crippen LogP contribution in [-0.4, -0.2) is 21.4 Å². The second kappa shape index (κ2) is 4.03. The van der Waals surface area contributed by atoms with Crippen LogP contribution >= 0.6 is 0 Å². The third-order valence-corrected chi connectivity index (χ3v) is 3.12. The first-order chi connectivity index (χ1) is 6.92. The number of rotatable bonds is 2. The molecule has 5 heteroatoms. The van der Waals surface area contributed by atoms with Gasteiger partial charge in [-0.2, -0.15) is 0 Å². The average molecular weight is 230 g/mol.